The van der Waals surface area contributed by atoms with Gasteiger partial charge in [-0.25, -0.2) is 4.98 Å². The van der Waals surface area contributed by atoms with Gasteiger partial charge in [0, 0.05) is 60.5 Å². The van der Waals surface area contributed by atoms with Gasteiger partial charge in [0.2, 0.25) is 11.8 Å². The number of anilines is 2. The highest BCUT2D eigenvalue weighted by atomic mass is 16.2. The molecule has 0 aliphatic carbocycles. The van der Waals surface area contributed by atoms with Crippen LogP contribution in [0.3, 0.4) is 0 Å². The van der Waals surface area contributed by atoms with E-state index in [4.69, 9.17) is 5.73 Å². The van der Waals surface area contributed by atoms with Gasteiger partial charge in [0.25, 0.3) is 0 Å². The molecule has 0 atom stereocenters. The van der Waals surface area contributed by atoms with E-state index < -0.39 is 5.91 Å². The molecule has 1 aliphatic rings. The van der Waals surface area contributed by atoms with Crippen LogP contribution in [-0.2, 0) is 9.59 Å². The van der Waals surface area contributed by atoms with Crippen molar-refractivity contribution in [2.45, 2.75) is 19.8 Å². The fourth-order valence-corrected chi connectivity index (χ4v) is 3.63. The number of nitrogens with zero attached hydrogens (tertiary/aromatic N) is 3. The highest BCUT2D eigenvalue weighted by Gasteiger charge is 2.15. The molecule has 4 rings (SSSR count). The number of hydrogen-bond donors (Lipinski definition) is 2. The van der Waals surface area contributed by atoms with E-state index in [-0.39, 0.29) is 5.91 Å². The van der Waals surface area contributed by atoms with Gasteiger partial charge in [-0.3, -0.25) is 14.6 Å². The van der Waals surface area contributed by atoms with E-state index in [2.05, 4.69) is 15.3 Å². The summed E-state index contributed by atoms with van der Waals surface area (Å²) in [7, 11) is 0. The number of pyridine rings is 2. The smallest absolute Gasteiger partial charge is 0.249 e. The molecule has 7 nitrogen and oxygen atoms in total. The Kier molecular flexibility index (Phi) is 5.43. The number of nitrogen functional groups attached to an aromatic ring is 1. The number of aryl methyl sites for hydroxylation is 1. The Morgan fingerprint density at radius 3 is 2.70 bits per heavy atom. The summed E-state index contributed by atoms with van der Waals surface area (Å²) in [6, 6.07) is 7.62. The Hall–Kier alpha value is -3.74. The third kappa shape index (κ3) is 4.15. The van der Waals surface area contributed by atoms with Crippen molar-refractivity contribution in [1.82, 2.24) is 14.9 Å². The molecule has 7 heteroatoms. The molecular formula is C23H23N5O2. The van der Waals surface area contributed by atoms with Crippen molar-refractivity contribution < 1.29 is 9.59 Å². The number of nitrogens with two attached hydrogens (primary N) is 1. The molecule has 0 radical (unpaired) electrons. The van der Waals surface area contributed by atoms with Gasteiger partial charge in [0.15, 0.2) is 0 Å². The fourth-order valence-electron chi connectivity index (χ4n) is 3.63. The van der Waals surface area contributed by atoms with Gasteiger partial charge < -0.3 is 16.0 Å². The third-order valence-corrected chi connectivity index (χ3v) is 5.27. The highest BCUT2D eigenvalue weighted by Crippen LogP contribution is 2.31. The van der Waals surface area contributed by atoms with Crippen LogP contribution in [0.5, 0.6) is 0 Å². The molecular weight excluding hydrogens is 378 g/mol. The lowest BCUT2D eigenvalue weighted by molar-refractivity contribution is -0.125. The maximum absolute atomic E-state index is 12.2. The van der Waals surface area contributed by atoms with Gasteiger partial charge in [-0.1, -0.05) is 0 Å². The highest BCUT2D eigenvalue weighted by molar-refractivity contribution is 6.04. The van der Waals surface area contributed by atoms with Crippen LogP contribution >= 0.6 is 0 Å². The van der Waals surface area contributed by atoms with E-state index in [0.717, 1.165) is 53.4 Å². The van der Waals surface area contributed by atoms with Crippen molar-refractivity contribution in [2.24, 2.45) is 0 Å². The van der Waals surface area contributed by atoms with Crippen molar-refractivity contribution in [3.8, 4) is 11.1 Å². The molecule has 30 heavy (non-hydrogen) atoms. The van der Waals surface area contributed by atoms with Gasteiger partial charge in [0.1, 0.15) is 5.82 Å². The summed E-state index contributed by atoms with van der Waals surface area (Å²) in [6.45, 7) is 3.51. The number of carbonyl (C=O) groups excluding carboxylic acids is 2. The number of benzene rings is 1. The largest absolute Gasteiger partial charge is 0.398 e. The lowest BCUT2D eigenvalue weighted by atomic mass is 9.99. The van der Waals surface area contributed by atoms with Crippen LogP contribution in [-0.4, -0.2) is 39.8 Å². The first-order valence-electron chi connectivity index (χ1n) is 9.89. The Morgan fingerprint density at radius 1 is 1.13 bits per heavy atom. The van der Waals surface area contributed by atoms with E-state index in [9.17, 15) is 9.59 Å². The van der Waals surface area contributed by atoms with E-state index in [1.807, 2.05) is 31.3 Å². The average molecular weight is 401 g/mol. The van der Waals surface area contributed by atoms with Crippen LogP contribution in [0, 0.1) is 6.92 Å². The molecule has 1 saturated heterocycles. The van der Waals surface area contributed by atoms with Crippen LogP contribution in [0.15, 0.2) is 55.0 Å². The molecule has 2 amide bonds. The molecule has 0 bridgehead atoms. The van der Waals surface area contributed by atoms with Gasteiger partial charge in [-0.15, -0.1) is 0 Å². The quantitative estimate of drug-likeness (QED) is 0.516. The molecule has 152 valence electrons. The maximum atomic E-state index is 12.2. The van der Waals surface area contributed by atoms with Crippen LogP contribution < -0.4 is 11.1 Å². The molecule has 0 unspecified atom stereocenters. The van der Waals surface area contributed by atoms with E-state index in [1.54, 1.807) is 23.4 Å². The summed E-state index contributed by atoms with van der Waals surface area (Å²) in [5.41, 5.74) is 9.88. The number of fused-ring (bicyclic) bond motifs is 1. The molecule has 3 N–H and O–H groups in total. The van der Waals surface area contributed by atoms with Crippen molar-refractivity contribution in [2.75, 3.05) is 24.1 Å². The lowest BCUT2D eigenvalue weighted by Crippen LogP contribution is -2.26. The van der Waals surface area contributed by atoms with E-state index in [0.29, 0.717) is 11.5 Å². The molecule has 3 aromatic rings. The van der Waals surface area contributed by atoms with Gasteiger partial charge in [0.05, 0.1) is 0 Å². The zero-order chi connectivity index (χ0) is 21.1. The number of likely N-dealkylation sites (tertiary alicyclic amines) is 1. The minimum absolute atomic E-state index is 0.140. The first kappa shape index (κ1) is 19.6. The standard InChI is InChI=1S/C23H23N5O2/c1-15-6-7-25-13-18(15)16-10-17-12-21(26-14-19(17)20(24)11-16)27-22(29)4-5-23(30)28-8-2-3-9-28/h4-7,10-14H,2-3,8-9,24H2,1H3,(H,26,27,29)/b5-4+. The fraction of sp³-hybridized carbons (Fsp3) is 0.217. The SMILES string of the molecule is Cc1ccncc1-c1cc(N)c2cnc(NC(=O)/C=C/C(=O)N3CCCC3)cc2c1. The summed E-state index contributed by atoms with van der Waals surface area (Å²) in [4.78, 5) is 34.5. The number of nitrogens with one attached hydrogen (secondary N) is 1. The summed E-state index contributed by atoms with van der Waals surface area (Å²) in [6.07, 6.45) is 9.77. The van der Waals surface area contributed by atoms with E-state index in [1.165, 1.54) is 12.2 Å². The van der Waals surface area contributed by atoms with E-state index >= 15 is 0 Å². The number of amides is 2. The second-order valence-corrected chi connectivity index (χ2v) is 7.40. The van der Waals surface area contributed by atoms with Crippen molar-refractivity contribution >= 4 is 34.1 Å². The van der Waals surface area contributed by atoms with Crippen LogP contribution in [0.4, 0.5) is 11.5 Å². The third-order valence-electron chi connectivity index (χ3n) is 5.27. The molecule has 0 spiro atoms. The molecule has 0 saturated carbocycles. The molecule has 1 fully saturated rings. The zero-order valence-corrected chi connectivity index (χ0v) is 16.8. The van der Waals surface area contributed by atoms with Crippen molar-refractivity contribution in [1.29, 1.82) is 0 Å². The predicted octanol–water partition coefficient (Wildman–Crippen LogP) is 3.30. The first-order chi connectivity index (χ1) is 14.5. The molecule has 3 heterocycles. The van der Waals surface area contributed by atoms with Crippen molar-refractivity contribution in [3.63, 3.8) is 0 Å². The average Bonchev–Trinajstić information content (AvgIpc) is 3.27. The lowest BCUT2D eigenvalue weighted by Gasteiger charge is -2.12. The predicted molar refractivity (Wildman–Crippen MR) is 118 cm³/mol. The van der Waals surface area contributed by atoms with Gasteiger partial charge in [-0.05, 0) is 60.5 Å². The number of rotatable bonds is 4. The van der Waals surface area contributed by atoms with Crippen LogP contribution in [0.2, 0.25) is 0 Å². The normalized spacial score (nSPS) is 13.8. The van der Waals surface area contributed by atoms with Crippen molar-refractivity contribution in [3.05, 3.63) is 60.6 Å². The summed E-state index contributed by atoms with van der Waals surface area (Å²) >= 11 is 0. The molecule has 1 aromatic carbocycles. The van der Waals surface area contributed by atoms with Crippen LogP contribution in [0.1, 0.15) is 18.4 Å². The summed E-state index contributed by atoms with van der Waals surface area (Å²) in [5.74, 6) is -0.148. The Bertz CT molecular complexity index is 1150. The zero-order valence-electron chi connectivity index (χ0n) is 16.8. The minimum Gasteiger partial charge on any atom is -0.398 e. The van der Waals surface area contributed by atoms with Gasteiger partial charge in [-0.2, -0.15) is 0 Å². The second kappa shape index (κ2) is 8.32. The Labute approximate surface area is 174 Å². The van der Waals surface area contributed by atoms with Gasteiger partial charge >= 0.3 is 0 Å². The topological polar surface area (TPSA) is 101 Å². The minimum atomic E-state index is -0.401. The van der Waals surface area contributed by atoms with Crippen LogP contribution in [0.25, 0.3) is 21.9 Å². The number of hydrogen-bond acceptors (Lipinski definition) is 5. The monoisotopic (exact) mass is 401 g/mol. The summed E-state index contributed by atoms with van der Waals surface area (Å²) in [5, 5.41) is 4.37. The number of aromatic nitrogens is 2. The number of carbonyl (C=O) groups is 2. The maximum Gasteiger partial charge on any atom is 0.249 e. The first-order valence-corrected chi connectivity index (χ1v) is 9.89. The summed E-state index contributed by atoms with van der Waals surface area (Å²) < 4.78 is 0. The molecule has 2 aromatic heterocycles. The second-order valence-electron chi connectivity index (χ2n) is 7.40. The Morgan fingerprint density at radius 2 is 1.93 bits per heavy atom. The Balaban J connectivity index is 1.55. The molecule has 1 aliphatic heterocycles.